The number of carbonyl (C=O) groups excluding carboxylic acids is 2. The molecule has 0 spiro atoms. The van der Waals surface area contributed by atoms with E-state index in [-0.39, 0.29) is 28.3 Å². The number of nitrogens with two attached hydrogens (primary N) is 1. The number of hydrogen-bond donors (Lipinski definition) is 1. The molecule has 1 unspecified atom stereocenters. The molecule has 1 aromatic carbocycles. The molecule has 6 nitrogen and oxygen atoms in total. The van der Waals surface area contributed by atoms with Crippen molar-refractivity contribution < 1.29 is 18.0 Å². The normalized spacial score (nSPS) is 16.4. The highest BCUT2D eigenvalue weighted by Gasteiger charge is 2.40. The van der Waals surface area contributed by atoms with E-state index in [2.05, 4.69) is 0 Å². The Morgan fingerprint density at radius 1 is 1.25 bits per heavy atom. The lowest BCUT2D eigenvalue weighted by Gasteiger charge is -2.22. The standard InChI is InChI=1S/C13H16N2O4S/c1-3-20(18,19)7-8(2)15-12(16)9-5-4-6-10(14)11(9)13(15)17/h4-6,8H,3,7,14H2,1-2H3. The number of nitrogens with zero attached hydrogens (tertiary/aromatic N) is 1. The monoisotopic (exact) mass is 296 g/mol. The molecule has 0 radical (unpaired) electrons. The number of carbonyl (C=O) groups is 2. The predicted molar refractivity (Wildman–Crippen MR) is 75.1 cm³/mol. The van der Waals surface area contributed by atoms with E-state index < -0.39 is 27.7 Å². The van der Waals surface area contributed by atoms with Gasteiger partial charge in [-0.25, -0.2) is 8.42 Å². The number of anilines is 1. The molecule has 0 aliphatic carbocycles. The summed E-state index contributed by atoms with van der Waals surface area (Å²) in [5.41, 5.74) is 6.35. The zero-order chi connectivity index (χ0) is 15.1. The van der Waals surface area contributed by atoms with Crippen LogP contribution in [0.4, 0.5) is 5.69 Å². The molecule has 0 bridgehead atoms. The maximum atomic E-state index is 12.3. The van der Waals surface area contributed by atoms with Gasteiger partial charge in [-0.05, 0) is 19.1 Å². The van der Waals surface area contributed by atoms with Gasteiger partial charge in [-0.2, -0.15) is 0 Å². The maximum absolute atomic E-state index is 12.3. The van der Waals surface area contributed by atoms with Crippen LogP contribution in [0.3, 0.4) is 0 Å². The number of hydrogen-bond acceptors (Lipinski definition) is 5. The molecule has 108 valence electrons. The summed E-state index contributed by atoms with van der Waals surface area (Å²) in [6, 6.07) is 3.94. The van der Waals surface area contributed by atoms with Crippen LogP contribution in [0.1, 0.15) is 34.6 Å². The van der Waals surface area contributed by atoms with Gasteiger partial charge in [0.05, 0.1) is 22.9 Å². The largest absolute Gasteiger partial charge is 0.398 e. The highest BCUT2D eigenvalue weighted by molar-refractivity contribution is 7.91. The summed E-state index contributed by atoms with van der Waals surface area (Å²) < 4.78 is 23.3. The lowest BCUT2D eigenvalue weighted by Crippen LogP contribution is -2.42. The lowest BCUT2D eigenvalue weighted by atomic mass is 10.1. The van der Waals surface area contributed by atoms with Crippen molar-refractivity contribution in [3.05, 3.63) is 29.3 Å². The number of nitrogen functional groups attached to an aromatic ring is 1. The average Bonchev–Trinajstić information content (AvgIpc) is 2.62. The Labute approximate surface area is 117 Å². The van der Waals surface area contributed by atoms with Crippen molar-refractivity contribution in [2.75, 3.05) is 17.2 Å². The Kier molecular flexibility index (Phi) is 3.56. The summed E-state index contributed by atoms with van der Waals surface area (Å²) in [6.07, 6.45) is 0. The molecule has 2 amide bonds. The zero-order valence-corrected chi connectivity index (χ0v) is 12.1. The molecular weight excluding hydrogens is 280 g/mol. The molecule has 1 atom stereocenters. The second kappa shape index (κ2) is 4.90. The fraction of sp³-hybridized carbons (Fsp3) is 0.385. The van der Waals surface area contributed by atoms with Gasteiger partial charge < -0.3 is 5.73 Å². The van der Waals surface area contributed by atoms with Crippen LogP contribution in [0, 0.1) is 0 Å². The SMILES string of the molecule is CCS(=O)(=O)CC(C)N1C(=O)c2cccc(N)c2C1=O. The van der Waals surface area contributed by atoms with Gasteiger partial charge in [0.2, 0.25) is 0 Å². The smallest absolute Gasteiger partial charge is 0.263 e. The van der Waals surface area contributed by atoms with E-state index >= 15 is 0 Å². The van der Waals surface area contributed by atoms with Gasteiger partial charge in [0.25, 0.3) is 11.8 Å². The van der Waals surface area contributed by atoms with Crippen molar-refractivity contribution in [3.63, 3.8) is 0 Å². The first kappa shape index (κ1) is 14.5. The van der Waals surface area contributed by atoms with Crippen LogP contribution in [0.15, 0.2) is 18.2 Å². The Balaban J connectivity index is 2.36. The van der Waals surface area contributed by atoms with Gasteiger partial charge >= 0.3 is 0 Å². The summed E-state index contributed by atoms with van der Waals surface area (Å²) in [4.78, 5) is 25.5. The third-order valence-electron chi connectivity index (χ3n) is 3.35. The topological polar surface area (TPSA) is 97.5 Å². The number of imide groups is 1. The van der Waals surface area contributed by atoms with Crippen molar-refractivity contribution in [2.45, 2.75) is 19.9 Å². The highest BCUT2D eigenvalue weighted by Crippen LogP contribution is 2.29. The van der Waals surface area contributed by atoms with Crippen LogP contribution >= 0.6 is 0 Å². The highest BCUT2D eigenvalue weighted by atomic mass is 32.2. The molecule has 1 heterocycles. The number of amides is 2. The molecule has 2 rings (SSSR count). The van der Waals surface area contributed by atoms with E-state index in [4.69, 9.17) is 5.73 Å². The van der Waals surface area contributed by atoms with Gasteiger partial charge in [-0.3, -0.25) is 14.5 Å². The van der Waals surface area contributed by atoms with E-state index in [1.54, 1.807) is 19.1 Å². The fourth-order valence-electron chi connectivity index (χ4n) is 2.29. The number of sulfone groups is 1. The average molecular weight is 296 g/mol. The second-order valence-corrected chi connectivity index (χ2v) is 7.20. The van der Waals surface area contributed by atoms with Crippen LogP contribution in [-0.4, -0.2) is 42.7 Å². The minimum Gasteiger partial charge on any atom is -0.398 e. The van der Waals surface area contributed by atoms with Gasteiger partial charge in [-0.1, -0.05) is 13.0 Å². The lowest BCUT2D eigenvalue weighted by molar-refractivity contribution is 0.0611. The van der Waals surface area contributed by atoms with Crippen molar-refractivity contribution in [2.24, 2.45) is 0 Å². The summed E-state index contributed by atoms with van der Waals surface area (Å²) in [5, 5.41) is 0. The quantitative estimate of drug-likeness (QED) is 0.651. The minimum atomic E-state index is -3.28. The van der Waals surface area contributed by atoms with E-state index in [1.165, 1.54) is 13.0 Å². The number of fused-ring (bicyclic) bond motifs is 1. The zero-order valence-electron chi connectivity index (χ0n) is 11.3. The second-order valence-electron chi connectivity index (χ2n) is 4.80. The van der Waals surface area contributed by atoms with Crippen LogP contribution in [0.2, 0.25) is 0 Å². The third-order valence-corrected chi connectivity index (χ3v) is 5.22. The summed E-state index contributed by atoms with van der Waals surface area (Å²) >= 11 is 0. The Bertz CT molecular complexity index is 682. The summed E-state index contributed by atoms with van der Waals surface area (Å²) in [6.45, 7) is 3.08. The molecule has 1 aliphatic rings. The molecule has 0 fully saturated rings. The Morgan fingerprint density at radius 3 is 2.45 bits per heavy atom. The molecule has 2 N–H and O–H groups in total. The van der Waals surface area contributed by atoms with Gasteiger partial charge in [0.1, 0.15) is 0 Å². The van der Waals surface area contributed by atoms with Gasteiger partial charge in [0.15, 0.2) is 9.84 Å². The Hall–Kier alpha value is -1.89. The fourth-order valence-corrected chi connectivity index (χ4v) is 3.41. The Morgan fingerprint density at radius 2 is 1.90 bits per heavy atom. The van der Waals surface area contributed by atoms with E-state index in [0.717, 1.165) is 4.90 Å². The first-order valence-electron chi connectivity index (χ1n) is 6.25. The third kappa shape index (κ3) is 2.29. The molecule has 0 saturated carbocycles. The predicted octanol–water partition coefficient (Wildman–Crippen LogP) is 0.688. The summed E-state index contributed by atoms with van der Waals surface area (Å²) in [7, 11) is -3.28. The van der Waals surface area contributed by atoms with Crippen molar-refractivity contribution in [1.29, 1.82) is 0 Å². The molecule has 0 saturated heterocycles. The molecule has 7 heteroatoms. The first-order valence-corrected chi connectivity index (χ1v) is 8.07. The van der Waals surface area contributed by atoms with Crippen molar-refractivity contribution in [1.82, 2.24) is 4.90 Å². The van der Waals surface area contributed by atoms with Crippen LogP contribution in [0.5, 0.6) is 0 Å². The maximum Gasteiger partial charge on any atom is 0.263 e. The molecular formula is C13H16N2O4S. The summed E-state index contributed by atoms with van der Waals surface area (Å²) in [5.74, 6) is -1.28. The molecule has 20 heavy (non-hydrogen) atoms. The van der Waals surface area contributed by atoms with E-state index in [1.807, 2.05) is 0 Å². The number of benzene rings is 1. The van der Waals surface area contributed by atoms with Gasteiger partial charge in [-0.15, -0.1) is 0 Å². The van der Waals surface area contributed by atoms with E-state index in [0.29, 0.717) is 0 Å². The van der Waals surface area contributed by atoms with Crippen molar-refractivity contribution in [3.8, 4) is 0 Å². The van der Waals surface area contributed by atoms with Gasteiger partial charge in [0, 0.05) is 11.4 Å². The van der Waals surface area contributed by atoms with Crippen molar-refractivity contribution >= 4 is 27.3 Å². The molecule has 1 aromatic rings. The molecule has 0 aromatic heterocycles. The minimum absolute atomic E-state index is 0.0252. The van der Waals surface area contributed by atoms with Crippen LogP contribution in [0.25, 0.3) is 0 Å². The van der Waals surface area contributed by atoms with Crippen LogP contribution in [-0.2, 0) is 9.84 Å². The first-order chi connectivity index (χ1) is 9.28. The van der Waals surface area contributed by atoms with E-state index in [9.17, 15) is 18.0 Å². The molecule has 1 aliphatic heterocycles. The number of rotatable bonds is 4. The van der Waals surface area contributed by atoms with Crippen LogP contribution < -0.4 is 5.73 Å².